The number of piperidine rings is 1. The highest BCUT2D eigenvalue weighted by molar-refractivity contribution is 6.05. The SMILES string of the molecule is C=C(C=CC=CC)C(C)(C)NC(=O)c1nn(CC2CCCCN2C)c2ccccc12. The Kier molecular flexibility index (Phi) is 6.93. The van der Waals surface area contributed by atoms with Crippen LogP contribution in [0.2, 0.25) is 0 Å². The van der Waals surface area contributed by atoms with Crippen molar-refractivity contribution in [2.75, 3.05) is 13.6 Å². The number of allylic oxidation sites excluding steroid dienone is 3. The minimum absolute atomic E-state index is 0.174. The molecule has 160 valence electrons. The normalized spacial score (nSPS) is 18.5. The topological polar surface area (TPSA) is 50.2 Å². The van der Waals surface area contributed by atoms with E-state index in [4.69, 9.17) is 5.10 Å². The summed E-state index contributed by atoms with van der Waals surface area (Å²) in [7, 11) is 2.18. The predicted octanol–water partition coefficient (Wildman–Crippen LogP) is 4.72. The third-order valence-corrected chi connectivity index (χ3v) is 6.01. The second-order valence-corrected chi connectivity index (χ2v) is 8.67. The molecule has 1 saturated heterocycles. The summed E-state index contributed by atoms with van der Waals surface area (Å²) in [5.41, 5.74) is 1.74. The second-order valence-electron chi connectivity index (χ2n) is 8.67. The van der Waals surface area contributed by atoms with Gasteiger partial charge in [0.25, 0.3) is 5.91 Å². The van der Waals surface area contributed by atoms with Gasteiger partial charge in [-0.05, 0) is 58.8 Å². The highest BCUT2D eigenvalue weighted by Gasteiger charge is 2.27. The highest BCUT2D eigenvalue weighted by Crippen LogP contribution is 2.23. The lowest BCUT2D eigenvalue weighted by molar-refractivity contribution is 0.0920. The molecule has 30 heavy (non-hydrogen) atoms. The van der Waals surface area contributed by atoms with Crippen LogP contribution < -0.4 is 5.32 Å². The molecule has 2 aromatic rings. The number of benzene rings is 1. The molecule has 1 N–H and O–H groups in total. The van der Waals surface area contributed by atoms with E-state index < -0.39 is 5.54 Å². The van der Waals surface area contributed by atoms with Crippen molar-refractivity contribution in [2.45, 2.75) is 58.2 Å². The maximum atomic E-state index is 13.2. The van der Waals surface area contributed by atoms with E-state index >= 15 is 0 Å². The third kappa shape index (κ3) is 4.90. The van der Waals surface area contributed by atoms with Crippen molar-refractivity contribution < 1.29 is 4.79 Å². The molecular weight excluding hydrogens is 372 g/mol. The van der Waals surface area contributed by atoms with Crippen molar-refractivity contribution in [3.8, 4) is 0 Å². The van der Waals surface area contributed by atoms with Gasteiger partial charge in [0.2, 0.25) is 0 Å². The second kappa shape index (κ2) is 9.43. The van der Waals surface area contributed by atoms with Crippen LogP contribution in [0.15, 0.2) is 60.7 Å². The molecular formula is C25H34N4O. The Morgan fingerprint density at radius 1 is 1.30 bits per heavy atom. The predicted molar refractivity (Wildman–Crippen MR) is 125 cm³/mol. The van der Waals surface area contributed by atoms with E-state index in [9.17, 15) is 4.79 Å². The molecule has 1 atom stereocenters. The quantitative estimate of drug-likeness (QED) is 0.677. The molecule has 0 spiro atoms. The molecule has 1 aromatic heterocycles. The van der Waals surface area contributed by atoms with E-state index in [0.717, 1.165) is 36.0 Å². The molecule has 1 amide bonds. The zero-order valence-electron chi connectivity index (χ0n) is 18.7. The first-order valence-corrected chi connectivity index (χ1v) is 10.8. The van der Waals surface area contributed by atoms with Crippen LogP contribution in [0.5, 0.6) is 0 Å². The van der Waals surface area contributed by atoms with E-state index in [1.54, 1.807) is 0 Å². The van der Waals surface area contributed by atoms with Gasteiger partial charge in [-0.1, -0.05) is 55.5 Å². The van der Waals surface area contributed by atoms with Crippen molar-refractivity contribution in [1.29, 1.82) is 0 Å². The number of para-hydroxylation sites is 1. The Hall–Kier alpha value is -2.66. The van der Waals surface area contributed by atoms with E-state index in [0.29, 0.717) is 11.7 Å². The minimum Gasteiger partial charge on any atom is -0.342 e. The summed E-state index contributed by atoms with van der Waals surface area (Å²) in [6.07, 6.45) is 11.4. The summed E-state index contributed by atoms with van der Waals surface area (Å²) in [4.78, 5) is 15.6. The van der Waals surface area contributed by atoms with E-state index in [-0.39, 0.29) is 5.91 Å². The van der Waals surface area contributed by atoms with Gasteiger partial charge in [0.1, 0.15) is 0 Å². The Morgan fingerprint density at radius 2 is 2.07 bits per heavy atom. The molecule has 1 aromatic carbocycles. The molecule has 3 rings (SSSR count). The lowest BCUT2D eigenvalue weighted by Gasteiger charge is -2.32. The van der Waals surface area contributed by atoms with Crippen LogP contribution in [-0.2, 0) is 6.54 Å². The number of likely N-dealkylation sites (tertiary alicyclic amines) is 1. The van der Waals surface area contributed by atoms with Crippen LogP contribution in [-0.4, -0.2) is 45.8 Å². The molecule has 5 nitrogen and oxygen atoms in total. The minimum atomic E-state index is -0.580. The summed E-state index contributed by atoms with van der Waals surface area (Å²) >= 11 is 0. The van der Waals surface area contributed by atoms with Gasteiger partial charge in [0.15, 0.2) is 5.69 Å². The Morgan fingerprint density at radius 3 is 2.80 bits per heavy atom. The number of carbonyl (C=O) groups is 1. The van der Waals surface area contributed by atoms with Gasteiger partial charge in [-0.3, -0.25) is 9.48 Å². The Bertz CT molecular complexity index is 967. The summed E-state index contributed by atoms with van der Waals surface area (Å²) in [5.74, 6) is -0.174. The third-order valence-electron chi connectivity index (χ3n) is 6.01. The maximum Gasteiger partial charge on any atom is 0.273 e. The Labute approximate surface area is 180 Å². The fourth-order valence-corrected chi connectivity index (χ4v) is 3.92. The van der Waals surface area contributed by atoms with Crippen LogP contribution in [0.3, 0.4) is 0 Å². The molecule has 0 aliphatic carbocycles. The van der Waals surface area contributed by atoms with Gasteiger partial charge in [-0.2, -0.15) is 5.10 Å². The number of hydrogen-bond acceptors (Lipinski definition) is 3. The van der Waals surface area contributed by atoms with Crippen LogP contribution in [0.1, 0.15) is 50.5 Å². The van der Waals surface area contributed by atoms with Gasteiger partial charge in [0.05, 0.1) is 17.6 Å². The highest BCUT2D eigenvalue weighted by atomic mass is 16.2. The van der Waals surface area contributed by atoms with Gasteiger partial charge >= 0.3 is 0 Å². The van der Waals surface area contributed by atoms with E-state index in [1.165, 1.54) is 12.8 Å². The zero-order chi connectivity index (χ0) is 21.7. The number of amides is 1. The zero-order valence-corrected chi connectivity index (χ0v) is 18.7. The summed E-state index contributed by atoms with van der Waals surface area (Å²) < 4.78 is 2.00. The van der Waals surface area contributed by atoms with Crippen LogP contribution in [0.4, 0.5) is 0 Å². The van der Waals surface area contributed by atoms with Crippen molar-refractivity contribution >= 4 is 16.8 Å². The molecule has 0 radical (unpaired) electrons. The van der Waals surface area contributed by atoms with Gasteiger partial charge in [-0.25, -0.2) is 0 Å². The average molecular weight is 407 g/mol. The Balaban J connectivity index is 1.85. The molecule has 5 heteroatoms. The van der Waals surface area contributed by atoms with Crippen molar-refractivity contribution in [1.82, 2.24) is 20.0 Å². The number of fused-ring (bicyclic) bond motifs is 1. The summed E-state index contributed by atoms with van der Waals surface area (Å²) in [6, 6.07) is 8.44. The smallest absolute Gasteiger partial charge is 0.273 e. The first-order chi connectivity index (χ1) is 14.3. The van der Waals surface area contributed by atoms with Crippen LogP contribution in [0, 0.1) is 0 Å². The lowest BCUT2D eigenvalue weighted by Crippen LogP contribution is -2.44. The van der Waals surface area contributed by atoms with Crippen molar-refractivity contribution in [3.63, 3.8) is 0 Å². The maximum absolute atomic E-state index is 13.2. The number of likely N-dealkylation sites (N-methyl/N-ethyl adjacent to an activating group) is 1. The summed E-state index contributed by atoms with van der Waals surface area (Å²) in [6.45, 7) is 11.9. The largest absolute Gasteiger partial charge is 0.342 e. The number of carbonyl (C=O) groups excluding carboxylic acids is 1. The number of hydrogen-bond donors (Lipinski definition) is 1. The average Bonchev–Trinajstić information content (AvgIpc) is 3.08. The number of nitrogens with one attached hydrogen (secondary N) is 1. The van der Waals surface area contributed by atoms with Gasteiger partial charge in [0, 0.05) is 11.4 Å². The fraction of sp³-hybridized carbons (Fsp3) is 0.440. The molecule has 1 aliphatic heterocycles. The molecule has 1 fully saturated rings. The van der Waals surface area contributed by atoms with E-state index in [1.807, 2.05) is 74.0 Å². The lowest BCUT2D eigenvalue weighted by atomic mass is 9.94. The van der Waals surface area contributed by atoms with Crippen LogP contribution in [0.25, 0.3) is 10.9 Å². The molecule has 1 unspecified atom stereocenters. The standard InChI is InChI=1S/C25H34N4O/c1-6-7-8-13-19(2)25(3,4)26-24(30)23-21-15-9-10-16-22(21)29(27-23)18-20-14-11-12-17-28(20)5/h6-10,13,15-16,20H,2,11-12,14,17-18H2,1,3-5H3,(H,26,30). The van der Waals surface area contributed by atoms with Gasteiger partial charge in [-0.15, -0.1) is 0 Å². The number of nitrogens with zero attached hydrogens (tertiary/aromatic N) is 3. The van der Waals surface area contributed by atoms with Crippen molar-refractivity contribution in [3.05, 3.63) is 66.4 Å². The first-order valence-electron chi connectivity index (χ1n) is 10.8. The van der Waals surface area contributed by atoms with Crippen molar-refractivity contribution in [2.24, 2.45) is 0 Å². The number of rotatable bonds is 7. The molecule has 0 bridgehead atoms. The summed E-state index contributed by atoms with van der Waals surface area (Å²) in [5, 5.41) is 8.76. The van der Waals surface area contributed by atoms with Gasteiger partial charge < -0.3 is 10.2 Å². The molecule has 1 aliphatic rings. The molecule has 0 saturated carbocycles. The number of aromatic nitrogens is 2. The van der Waals surface area contributed by atoms with Crippen LogP contribution >= 0.6 is 0 Å². The first kappa shape index (κ1) is 22.0. The monoisotopic (exact) mass is 406 g/mol. The molecule has 2 heterocycles. The fourth-order valence-electron chi connectivity index (χ4n) is 3.92. The van der Waals surface area contributed by atoms with E-state index in [2.05, 4.69) is 23.8 Å².